The highest BCUT2D eigenvalue weighted by molar-refractivity contribution is 6.22. The van der Waals surface area contributed by atoms with E-state index in [1.807, 2.05) is 25.2 Å². The molecule has 4 rings (SSSR count). The Morgan fingerprint density at radius 2 is 1.76 bits per heavy atom. The fourth-order valence-corrected chi connectivity index (χ4v) is 3.34. The van der Waals surface area contributed by atoms with E-state index in [4.69, 9.17) is 0 Å². The van der Waals surface area contributed by atoms with Crippen LogP contribution >= 0.6 is 0 Å². The van der Waals surface area contributed by atoms with Crippen molar-refractivity contribution < 1.29 is 14.4 Å². The van der Waals surface area contributed by atoms with Crippen LogP contribution in [-0.4, -0.2) is 42.8 Å². The monoisotopic (exact) mass is 335 g/mol. The summed E-state index contributed by atoms with van der Waals surface area (Å²) in [4.78, 5) is 40.1. The van der Waals surface area contributed by atoms with Gasteiger partial charge in [-0.1, -0.05) is 18.2 Å². The first-order valence-corrected chi connectivity index (χ1v) is 8.14. The first kappa shape index (κ1) is 15.4. The van der Waals surface area contributed by atoms with Crippen LogP contribution in [-0.2, 0) is 11.2 Å². The van der Waals surface area contributed by atoms with Crippen LogP contribution in [0.4, 0.5) is 11.4 Å². The zero-order valence-electron chi connectivity index (χ0n) is 13.8. The molecule has 2 heterocycles. The third-order valence-corrected chi connectivity index (χ3v) is 4.68. The lowest BCUT2D eigenvalue weighted by atomic mass is 10.1. The van der Waals surface area contributed by atoms with E-state index in [2.05, 4.69) is 10.2 Å². The highest BCUT2D eigenvalue weighted by atomic mass is 16.2. The van der Waals surface area contributed by atoms with Crippen LogP contribution in [0.1, 0.15) is 26.3 Å². The van der Waals surface area contributed by atoms with E-state index in [-0.39, 0.29) is 6.54 Å². The molecule has 0 bridgehead atoms. The topological polar surface area (TPSA) is 69.7 Å². The van der Waals surface area contributed by atoms with Crippen LogP contribution in [0.5, 0.6) is 0 Å². The van der Waals surface area contributed by atoms with Gasteiger partial charge in [0.1, 0.15) is 6.54 Å². The van der Waals surface area contributed by atoms with Crippen molar-refractivity contribution in [2.24, 2.45) is 0 Å². The first-order chi connectivity index (χ1) is 12.0. The molecular formula is C19H17N3O3. The molecule has 0 spiro atoms. The smallest absolute Gasteiger partial charge is 0.262 e. The number of nitrogens with one attached hydrogen (secondary N) is 1. The number of benzene rings is 2. The molecule has 1 N–H and O–H groups in total. The van der Waals surface area contributed by atoms with Crippen molar-refractivity contribution in [3.05, 3.63) is 59.2 Å². The van der Waals surface area contributed by atoms with Gasteiger partial charge in [0.25, 0.3) is 11.8 Å². The SMILES string of the molecule is CN1CCc2ccc(NC(=O)CN3C(=O)c4ccccc4C3=O)cc21. The van der Waals surface area contributed by atoms with Crippen molar-refractivity contribution in [1.82, 2.24) is 4.90 Å². The quantitative estimate of drug-likeness (QED) is 0.870. The summed E-state index contributed by atoms with van der Waals surface area (Å²) in [6, 6.07) is 12.4. The number of rotatable bonds is 3. The van der Waals surface area contributed by atoms with Crippen molar-refractivity contribution in [2.45, 2.75) is 6.42 Å². The third-order valence-electron chi connectivity index (χ3n) is 4.68. The van der Waals surface area contributed by atoms with Gasteiger partial charge in [0.05, 0.1) is 11.1 Å². The average molecular weight is 335 g/mol. The second kappa shape index (κ2) is 5.73. The van der Waals surface area contributed by atoms with Gasteiger partial charge in [0.2, 0.25) is 5.91 Å². The molecule has 6 heteroatoms. The summed E-state index contributed by atoms with van der Waals surface area (Å²) in [6.07, 6.45) is 0.995. The molecule has 0 saturated carbocycles. The molecule has 2 aromatic carbocycles. The number of fused-ring (bicyclic) bond motifs is 2. The van der Waals surface area contributed by atoms with Gasteiger partial charge >= 0.3 is 0 Å². The Hall–Kier alpha value is -3.15. The van der Waals surface area contributed by atoms with Gasteiger partial charge in [0, 0.05) is 25.0 Å². The minimum absolute atomic E-state index is 0.292. The minimum Gasteiger partial charge on any atom is -0.374 e. The molecule has 0 aliphatic carbocycles. The van der Waals surface area contributed by atoms with Crippen LogP contribution < -0.4 is 10.2 Å². The lowest BCUT2D eigenvalue weighted by Gasteiger charge is -2.15. The molecule has 0 atom stereocenters. The van der Waals surface area contributed by atoms with Gasteiger partial charge in [-0.15, -0.1) is 0 Å². The van der Waals surface area contributed by atoms with E-state index in [0.717, 1.165) is 23.6 Å². The largest absolute Gasteiger partial charge is 0.374 e. The summed E-state index contributed by atoms with van der Waals surface area (Å²) in [6.45, 7) is 0.668. The average Bonchev–Trinajstić information content (AvgIpc) is 3.09. The van der Waals surface area contributed by atoms with Crippen molar-refractivity contribution in [2.75, 3.05) is 30.4 Å². The first-order valence-electron chi connectivity index (χ1n) is 8.14. The normalized spacial score (nSPS) is 15.4. The third kappa shape index (κ3) is 2.55. The number of carbonyl (C=O) groups is 3. The van der Waals surface area contributed by atoms with Gasteiger partial charge in [-0.05, 0) is 36.2 Å². The van der Waals surface area contributed by atoms with Gasteiger partial charge in [-0.25, -0.2) is 0 Å². The Balaban J connectivity index is 1.48. The zero-order chi connectivity index (χ0) is 17.6. The number of nitrogens with zero attached hydrogens (tertiary/aromatic N) is 2. The van der Waals surface area contributed by atoms with Crippen molar-refractivity contribution in [1.29, 1.82) is 0 Å². The molecular weight excluding hydrogens is 318 g/mol. The van der Waals surface area contributed by atoms with Crippen LogP contribution in [0.3, 0.4) is 0 Å². The van der Waals surface area contributed by atoms with Crippen LogP contribution in [0, 0.1) is 0 Å². The summed E-state index contributed by atoms with van der Waals surface area (Å²) < 4.78 is 0. The van der Waals surface area contributed by atoms with Gasteiger partial charge in [0.15, 0.2) is 0 Å². The second-order valence-electron chi connectivity index (χ2n) is 6.31. The van der Waals surface area contributed by atoms with Crippen molar-refractivity contribution in [3.8, 4) is 0 Å². The molecule has 0 fully saturated rings. The van der Waals surface area contributed by atoms with Gasteiger partial charge < -0.3 is 10.2 Å². The van der Waals surface area contributed by atoms with E-state index in [0.29, 0.717) is 16.8 Å². The number of imide groups is 1. The lowest BCUT2D eigenvalue weighted by Crippen LogP contribution is -2.37. The Morgan fingerprint density at radius 3 is 2.44 bits per heavy atom. The fourth-order valence-electron chi connectivity index (χ4n) is 3.34. The van der Waals surface area contributed by atoms with E-state index in [9.17, 15) is 14.4 Å². The highest BCUT2D eigenvalue weighted by Crippen LogP contribution is 2.29. The van der Waals surface area contributed by atoms with Crippen LogP contribution in [0.25, 0.3) is 0 Å². The molecule has 0 aromatic heterocycles. The maximum Gasteiger partial charge on any atom is 0.262 e. The Labute approximate surface area is 145 Å². The predicted octanol–water partition coefficient (Wildman–Crippen LogP) is 1.91. The number of anilines is 2. The van der Waals surface area contributed by atoms with E-state index >= 15 is 0 Å². The lowest BCUT2D eigenvalue weighted by molar-refractivity contribution is -0.116. The Kier molecular flexibility index (Phi) is 3.53. The molecule has 2 aliphatic heterocycles. The maximum atomic E-state index is 12.3. The van der Waals surface area contributed by atoms with E-state index < -0.39 is 17.7 Å². The number of carbonyl (C=O) groups excluding carboxylic acids is 3. The van der Waals surface area contributed by atoms with Crippen LogP contribution in [0.2, 0.25) is 0 Å². The molecule has 6 nitrogen and oxygen atoms in total. The summed E-state index contributed by atoms with van der Waals surface area (Å²) >= 11 is 0. The molecule has 126 valence electrons. The number of likely N-dealkylation sites (N-methyl/N-ethyl adjacent to an activating group) is 1. The Morgan fingerprint density at radius 1 is 1.08 bits per heavy atom. The standard InChI is InChI=1S/C19H17N3O3/c1-21-9-8-12-6-7-13(10-16(12)21)20-17(23)11-22-18(24)14-4-2-3-5-15(14)19(22)25/h2-7,10H,8-9,11H2,1H3,(H,20,23). The van der Waals surface area contributed by atoms with Gasteiger partial charge in [-0.3, -0.25) is 19.3 Å². The summed E-state index contributed by atoms with van der Waals surface area (Å²) in [5.74, 6) is -1.25. The van der Waals surface area contributed by atoms with E-state index in [1.165, 1.54) is 5.56 Å². The van der Waals surface area contributed by atoms with Crippen molar-refractivity contribution in [3.63, 3.8) is 0 Å². The molecule has 0 saturated heterocycles. The Bertz CT molecular complexity index is 872. The zero-order valence-corrected chi connectivity index (χ0v) is 13.8. The van der Waals surface area contributed by atoms with E-state index in [1.54, 1.807) is 24.3 Å². The molecule has 2 aromatic rings. The van der Waals surface area contributed by atoms with Crippen LogP contribution in [0.15, 0.2) is 42.5 Å². The molecule has 25 heavy (non-hydrogen) atoms. The second-order valence-corrected chi connectivity index (χ2v) is 6.31. The van der Waals surface area contributed by atoms with Gasteiger partial charge in [-0.2, -0.15) is 0 Å². The molecule has 3 amide bonds. The predicted molar refractivity (Wildman–Crippen MR) is 93.9 cm³/mol. The minimum atomic E-state index is -0.426. The summed E-state index contributed by atoms with van der Waals surface area (Å²) in [7, 11) is 2.01. The highest BCUT2D eigenvalue weighted by Gasteiger charge is 2.36. The number of hydrogen-bond acceptors (Lipinski definition) is 4. The molecule has 2 aliphatic rings. The fraction of sp³-hybridized carbons (Fsp3) is 0.211. The molecule has 0 unspecified atom stereocenters. The molecule has 0 radical (unpaired) electrons. The summed E-state index contributed by atoms with van der Waals surface area (Å²) in [5.41, 5.74) is 3.70. The summed E-state index contributed by atoms with van der Waals surface area (Å²) in [5, 5.41) is 2.78. The van der Waals surface area contributed by atoms with Crippen molar-refractivity contribution >= 4 is 29.1 Å². The maximum absolute atomic E-state index is 12.3. The number of hydrogen-bond donors (Lipinski definition) is 1. The number of amides is 3.